The molecule has 4 nitrogen and oxygen atoms in total. The van der Waals surface area contributed by atoms with Crippen LogP contribution in [0.3, 0.4) is 0 Å². The van der Waals surface area contributed by atoms with Crippen molar-refractivity contribution in [2.75, 3.05) is 0 Å². The highest BCUT2D eigenvalue weighted by molar-refractivity contribution is 6.16. The molecule has 9 rings (SSSR count). The Morgan fingerprint density at radius 2 is 1.34 bits per heavy atom. The third-order valence-electron chi connectivity index (χ3n) is 8.82. The second-order valence-electron chi connectivity index (χ2n) is 11.4. The van der Waals surface area contributed by atoms with Gasteiger partial charge in [0.05, 0.1) is 16.4 Å². The van der Waals surface area contributed by atoms with Gasteiger partial charge in [0.2, 0.25) is 5.71 Å². The van der Waals surface area contributed by atoms with E-state index >= 15 is 0 Å². The van der Waals surface area contributed by atoms with Gasteiger partial charge in [-0.25, -0.2) is 4.98 Å². The van der Waals surface area contributed by atoms with E-state index in [9.17, 15) is 0 Å². The molecule has 41 heavy (non-hydrogen) atoms. The number of nitrogens with zero attached hydrogens (tertiary/aromatic N) is 3. The molecule has 0 spiro atoms. The molecule has 8 aromatic rings. The maximum absolute atomic E-state index is 6.36. The van der Waals surface area contributed by atoms with Crippen molar-refractivity contribution in [2.24, 2.45) is 0 Å². The number of hydrogen-bond acceptors (Lipinski definition) is 3. The molecule has 0 saturated carbocycles. The van der Waals surface area contributed by atoms with Gasteiger partial charge < -0.3 is 4.42 Å². The number of fused-ring (bicyclic) bond motifs is 10. The highest BCUT2D eigenvalue weighted by Crippen LogP contribution is 2.53. The Kier molecular flexibility index (Phi) is 4.36. The van der Waals surface area contributed by atoms with Crippen LogP contribution in [0.15, 0.2) is 120 Å². The van der Waals surface area contributed by atoms with Gasteiger partial charge in [0.25, 0.3) is 0 Å². The molecular formula is C37H25N3O. The first-order valence-electron chi connectivity index (χ1n) is 14.0. The number of furan rings is 1. The maximum atomic E-state index is 6.36. The highest BCUT2D eigenvalue weighted by atomic mass is 16.3. The summed E-state index contributed by atoms with van der Waals surface area (Å²) < 4.78 is 8.68. The van der Waals surface area contributed by atoms with Gasteiger partial charge in [0.1, 0.15) is 5.58 Å². The molecule has 0 saturated heterocycles. The minimum Gasteiger partial charge on any atom is -0.437 e. The van der Waals surface area contributed by atoms with Crippen LogP contribution in [0.25, 0.3) is 72.2 Å². The first-order chi connectivity index (χ1) is 20.1. The summed E-state index contributed by atoms with van der Waals surface area (Å²) in [5.41, 5.74) is 9.84. The standard InChI is InChI=1S/C37H25N3O/c1-37(2)27-17-9-6-14-23(27)24-20-21-29-31(33(24)37)25-15-7-10-18-28(25)40(29)35-32-26-16-8-11-19-30(26)41-36(32)39-34(38-35)22-12-4-3-5-13-22/h3-21H,1-2H3. The molecule has 0 bridgehead atoms. The molecule has 1 aliphatic rings. The Balaban J connectivity index is 1.47. The van der Waals surface area contributed by atoms with Crippen LogP contribution >= 0.6 is 0 Å². The number of hydrogen-bond donors (Lipinski definition) is 0. The minimum atomic E-state index is -0.140. The largest absolute Gasteiger partial charge is 0.437 e. The zero-order valence-corrected chi connectivity index (χ0v) is 22.7. The lowest BCUT2D eigenvalue weighted by molar-refractivity contribution is 0.653. The average Bonchev–Trinajstić information content (AvgIpc) is 3.63. The van der Waals surface area contributed by atoms with Crippen LogP contribution in [0.1, 0.15) is 25.0 Å². The van der Waals surface area contributed by atoms with Gasteiger partial charge in [-0.2, -0.15) is 4.98 Å². The monoisotopic (exact) mass is 527 g/mol. The van der Waals surface area contributed by atoms with E-state index in [0.29, 0.717) is 11.5 Å². The third-order valence-corrected chi connectivity index (χ3v) is 8.82. The highest BCUT2D eigenvalue weighted by Gasteiger charge is 2.38. The SMILES string of the molecule is CC1(C)c2ccccc2-c2ccc3c(c21)c1ccccc1n3-c1nc(-c2ccccc2)nc2oc3ccccc3c12. The van der Waals surface area contributed by atoms with Crippen molar-refractivity contribution in [3.8, 4) is 28.3 Å². The lowest BCUT2D eigenvalue weighted by atomic mass is 9.80. The van der Waals surface area contributed by atoms with Crippen molar-refractivity contribution in [1.29, 1.82) is 0 Å². The first kappa shape index (κ1) is 22.6. The molecular weight excluding hydrogens is 502 g/mol. The van der Waals surface area contributed by atoms with E-state index in [1.54, 1.807) is 0 Å². The van der Waals surface area contributed by atoms with Gasteiger partial charge in [0.15, 0.2) is 11.6 Å². The van der Waals surface area contributed by atoms with Crippen molar-refractivity contribution in [3.63, 3.8) is 0 Å². The van der Waals surface area contributed by atoms with Gasteiger partial charge in [-0.15, -0.1) is 0 Å². The fraction of sp³-hybridized carbons (Fsp3) is 0.0811. The molecule has 3 aromatic heterocycles. The lowest BCUT2D eigenvalue weighted by Gasteiger charge is -2.22. The molecule has 194 valence electrons. The fourth-order valence-corrected chi connectivity index (χ4v) is 7.04. The molecule has 0 N–H and O–H groups in total. The van der Waals surface area contributed by atoms with Crippen molar-refractivity contribution < 1.29 is 4.42 Å². The summed E-state index contributed by atoms with van der Waals surface area (Å²) in [6, 6.07) is 40.4. The van der Waals surface area contributed by atoms with E-state index in [-0.39, 0.29) is 5.41 Å². The Hall–Kier alpha value is -5.22. The predicted octanol–water partition coefficient (Wildman–Crippen LogP) is 9.45. The van der Waals surface area contributed by atoms with Crippen LogP contribution in [0.2, 0.25) is 0 Å². The van der Waals surface area contributed by atoms with E-state index in [2.05, 4.69) is 85.1 Å². The Bertz CT molecular complexity index is 2340. The zero-order valence-electron chi connectivity index (χ0n) is 22.7. The second kappa shape index (κ2) is 7.92. The van der Waals surface area contributed by atoms with Gasteiger partial charge in [-0.3, -0.25) is 4.57 Å². The molecule has 3 heterocycles. The number of para-hydroxylation sites is 2. The van der Waals surface area contributed by atoms with Crippen molar-refractivity contribution >= 4 is 43.9 Å². The summed E-state index contributed by atoms with van der Waals surface area (Å²) in [5.74, 6) is 1.48. The van der Waals surface area contributed by atoms with E-state index in [1.807, 2.05) is 48.5 Å². The summed E-state index contributed by atoms with van der Waals surface area (Å²) in [6.45, 7) is 4.70. The molecule has 0 radical (unpaired) electrons. The smallest absolute Gasteiger partial charge is 0.233 e. The summed E-state index contributed by atoms with van der Waals surface area (Å²) in [5, 5.41) is 4.43. The number of rotatable bonds is 2. The topological polar surface area (TPSA) is 43.9 Å². The first-order valence-corrected chi connectivity index (χ1v) is 14.0. The Labute approximate surface area is 236 Å². The van der Waals surface area contributed by atoms with Crippen molar-refractivity contribution in [2.45, 2.75) is 19.3 Å². The van der Waals surface area contributed by atoms with Crippen molar-refractivity contribution in [1.82, 2.24) is 14.5 Å². The molecule has 0 amide bonds. The van der Waals surface area contributed by atoms with Crippen LogP contribution in [0.5, 0.6) is 0 Å². The quantitative estimate of drug-likeness (QED) is 0.225. The molecule has 1 aliphatic carbocycles. The van der Waals surface area contributed by atoms with E-state index in [4.69, 9.17) is 14.4 Å². The van der Waals surface area contributed by atoms with Crippen LogP contribution < -0.4 is 0 Å². The average molecular weight is 528 g/mol. The molecule has 0 atom stereocenters. The molecule has 4 heteroatoms. The number of benzene rings is 5. The predicted molar refractivity (Wildman–Crippen MR) is 167 cm³/mol. The van der Waals surface area contributed by atoms with Crippen molar-refractivity contribution in [3.05, 3.63) is 126 Å². The summed E-state index contributed by atoms with van der Waals surface area (Å²) in [4.78, 5) is 10.2. The molecule has 0 fully saturated rings. The fourth-order valence-electron chi connectivity index (χ4n) is 7.04. The third kappa shape index (κ3) is 2.94. The van der Waals surface area contributed by atoms with Gasteiger partial charge >= 0.3 is 0 Å². The normalized spacial score (nSPS) is 13.8. The van der Waals surface area contributed by atoms with Crippen LogP contribution in [0.4, 0.5) is 0 Å². The Morgan fingerprint density at radius 1 is 0.610 bits per heavy atom. The number of aromatic nitrogens is 3. The molecule has 0 aliphatic heterocycles. The summed E-state index contributed by atoms with van der Waals surface area (Å²) in [7, 11) is 0. The summed E-state index contributed by atoms with van der Waals surface area (Å²) >= 11 is 0. The molecule has 0 unspecified atom stereocenters. The van der Waals surface area contributed by atoms with E-state index in [0.717, 1.165) is 38.8 Å². The van der Waals surface area contributed by atoms with Gasteiger partial charge in [-0.05, 0) is 40.5 Å². The van der Waals surface area contributed by atoms with Gasteiger partial charge in [0, 0.05) is 27.1 Å². The minimum absolute atomic E-state index is 0.140. The van der Waals surface area contributed by atoms with Crippen LogP contribution in [0, 0.1) is 0 Å². The zero-order chi connectivity index (χ0) is 27.3. The maximum Gasteiger partial charge on any atom is 0.233 e. The van der Waals surface area contributed by atoms with E-state index in [1.165, 1.54) is 33.0 Å². The lowest BCUT2D eigenvalue weighted by Crippen LogP contribution is -2.15. The Morgan fingerprint density at radius 3 is 2.22 bits per heavy atom. The van der Waals surface area contributed by atoms with Crippen LogP contribution in [-0.4, -0.2) is 14.5 Å². The van der Waals surface area contributed by atoms with E-state index < -0.39 is 0 Å². The van der Waals surface area contributed by atoms with Crippen LogP contribution in [-0.2, 0) is 5.41 Å². The van der Waals surface area contributed by atoms with Gasteiger partial charge in [-0.1, -0.05) is 111 Å². The summed E-state index contributed by atoms with van der Waals surface area (Å²) in [6.07, 6.45) is 0. The molecule has 5 aromatic carbocycles. The second-order valence-corrected chi connectivity index (χ2v) is 11.4.